The van der Waals surface area contributed by atoms with Crippen LogP contribution in [0.1, 0.15) is 36.1 Å². The van der Waals surface area contributed by atoms with Gasteiger partial charge in [-0.1, -0.05) is 98.8 Å². The molecule has 142 valence electrons. The van der Waals surface area contributed by atoms with E-state index in [1.165, 1.54) is 55.6 Å². The fourth-order valence-electron chi connectivity index (χ4n) is 4.51. The average Bonchev–Trinajstić information content (AvgIpc) is 3.16. The van der Waals surface area contributed by atoms with Crippen LogP contribution in [0.2, 0.25) is 0 Å². The lowest BCUT2D eigenvalue weighted by atomic mass is 9.96. The van der Waals surface area contributed by atoms with Gasteiger partial charge in [-0.3, -0.25) is 0 Å². The summed E-state index contributed by atoms with van der Waals surface area (Å²) in [4.78, 5) is 0. The number of rotatable bonds is 4. The predicted molar refractivity (Wildman–Crippen MR) is 124 cm³/mol. The lowest BCUT2D eigenvalue weighted by Gasteiger charge is -2.08. The third-order valence-electron chi connectivity index (χ3n) is 6.22. The van der Waals surface area contributed by atoms with Gasteiger partial charge in [-0.2, -0.15) is 0 Å². The summed E-state index contributed by atoms with van der Waals surface area (Å²) in [5, 5.41) is 0. The quantitative estimate of drug-likeness (QED) is 0.302. The zero-order chi connectivity index (χ0) is 19.8. The highest BCUT2D eigenvalue weighted by molar-refractivity contribution is 5.82. The van der Waals surface area contributed by atoms with Gasteiger partial charge in [0.15, 0.2) is 0 Å². The number of hydrogen-bond acceptors (Lipinski definition) is 0. The topological polar surface area (TPSA) is 0 Å². The second-order valence-corrected chi connectivity index (χ2v) is 8.03. The van der Waals surface area contributed by atoms with Crippen LogP contribution in [0.25, 0.3) is 33.4 Å². The molecular formula is C29H26. The zero-order valence-corrected chi connectivity index (χ0v) is 17.2. The van der Waals surface area contributed by atoms with Gasteiger partial charge >= 0.3 is 0 Å². The molecule has 29 heavy (non-hydrogen) atoms. The van der Waals surface area contributed by atoms with Gasteiger partial charge in [0.2, 0.25) is 0 Å². The lowest BCUT2D eigenvalue weighted by molar-refractivity contribution is 1.14. The standard InChI is InChI=1S/C29H26/c1-3-20-7-5-9-22(15-20)24-11-13-28-26(17-24)19-27-18-25(12-14-29(27)28)23-10-6-8-21(4-2)16-23/h5-18H,3-4,19H2,1-2H3. The van der Waals surface area contributed by atoms with Gasteiger partial charge in [-0.05, 0) is 74.9 Å². The van der Waals surface area contributed by atoms with Gasteiger partial charge in [-0.25, -0.2) is 0 Å². The molecule has 1 aliphatic carbocycles. The molecule has 0 bridgehead atoms. The molecule has 0 saturated heterocycles. The van der Waals surface area contributed by atoms with Crippen LogP contribution in [0.4, 0.5) is 0 Å². The van der Waals surface area contributed by atoms with Gasteiger partial charge in [0.05, 0.1) is 0 Å². The normalized spacial score (nSPS) is 11.9. The number of fused-ring (bicyclic) bond motifs is 3. The Kier molecular flexibility index (Phi) is 4.56. The second-order valence-electron chi connectivity index (χ2n) is 8.03. The van der Waals surface area contributed by atoms with Crippen molar-refractivity contribution in [2.75, 3.05) is 0 Å². The SMILES string of the molecule is CCc1cccc(-c2ccc3c(c2)Cc2cc(-c4cccc(CC)c4)ccc2-3)c1. The fourth-order valence-corrected chi connectivity index (χ4v) is 4.51. The van der Waals surface area contributed by atoms with Gasteiger partial charge in [-0.15, -0.1) is 0 Å². The molecule has 0 heteroatoms. The zero-order valence-electron chi connectivity index (χ0n) is 17.2. The first-order valence-corrected chi connectivity index (χ1v) is 10.7. The van der Waals surface area contributed by atoms with Crippen LogP contribution in [-0.2, 0) is 19.3 Å². The first kappa shape index (κ1) is 17.9. The van der Waals surface area contributed by atoms with E-state index in [2.05, 4.69) is 98.8 Å². The van der Waals surface area contributed by atoms with Crippen molar-refractivity contribution in [1.29, 1.82) is 0 Å². The molecule has 0 saturated carbocycles. The summed E-state index contributed by atoms with van der Waals surface area (Å²) < 4.78 is 0. The van der Waals surface area contributed by atoms with Gasteiger partial charge in [0.25, 0.3) is 0 Å². The molecule has 0 aromatic heterocycles. The van der Waals surface area contributed by atoms with Crippen molar-refractivity contribution in [1.82, 2.24) is 0 Å². The molecule has 0 aliphatic heterocycles. The van der Waals surface area contributed by atoms with E-state index in [1.807, 2.05) is 0 Å². The summed E-state index contributed by atoms with van der Waals surface area (Å²) in [6, 6.07) is 31.8. The Bertz CT molecular complexity index is 1100. The smallest absolute Gasteiger partial charge is 0.00130 e. The molecule has 0 fully saturated rings. The molecule has 0 N–H and O–H groups in total. The van der Waals surface area contributed by atoms with Crippen LogP contribution in [0.3, 0.4) is 0 Å². The molecule has 0 nitrogen and oxygen atoms in total. The first-order valence-electron chi connectivity index (χ1n) is 10.7. The maximum absolute atomic E-state index is 2.39. The fraction of sp³-hybridized carbons (Fsp3) is 0.172. The van der Waals surface area contributed by atoms with Crippen LogP contribution < -0.4 is 0 Å². The van der Waals surface area contributed by atoms with Gasteiger partial charge in [0.1, 0.15) is 0 Å². The molecule has 0 spiro atoms. The highest BCUT2D eigenvalue weighted by Crippen LogP contribution is 2.40. The number of aryl methyl sites for hydroxylation is 2. The minimum absolute atomic E-state index is 1.02. The molecular weight excluding hydrogens is 348 g/mol. The minimum Gasteiger partial charge on any atom is -0.0614 e. The monoisotopic (exact) mass is 374 g/mol. The van der Waals surface area contributed by atoms with E-state index in [4.69, 9.17) is 0 Å². The second kappa shape index (κ2) is 7.37. The van der Waals surface area contributed by atoms with E-state index < -0.39 is 0 Å². The Morgan fingerprint density at radius 2 is 0.966 bits per heavy atom. The van der Waals surface area contributed by atoms with Crippen molar-refractivity contribution in [2.24, 2.45) is 0 Å². The summed E-state index contributed by atoms with van der Waals surface area (Å²) in [6.45, 7) is 4.43. The molecule has 5 rings (SSSR count). The average molecular weight is 375 g/mol. The molecule has 0 radical (unpaired) electrons. The first-order chi connectivity index (χ1) is 14.2. The Labute approximate surface area is 173 Å². The predicted octanol–water partition coefficient (Wildman–Crippen LogP) is 7.72. The van der Waals surface area contributed by atoms with Crippen LogP contribution in [-0.4, -0.2) is 0 Å². The largest absolute Gasteiger partial charge is 0.0614 e. The van der Waals surface area contributed by atoms with Crippen molar-refractivity contribution in [3.05, 3.63) is 107 Å². The molecule has 0 heterocycles. The van der Waals surface area contributed by atoms with Crippen molar-refractivity contribution in [3.63, 3.8) is 0 Å². The third kappa shape index (κ3) is 3.29. The van der Waals surface area contributed by atoms with Crippen molar-refractivity contribution in [3.8, 4) is 33.4 Å². The molecule has 0 unspecified atom stereocenters. The van der Waals surface area contributed by atoms with Gasteiger partial charge in [0, 0.05) is 0 Å². The van der Waals surface area contributed by atoms with Crippen LogP contribution in [0.5, 0.6) is 0 Å². The third-order valence-corrected chi connectivity index (χ3v) is 6.22. The van der Waals surface area contributed by atoms with E-state index in [-0.39, 0.29) is 0 Å². The Hall–Kier alpha value is -3.12. The summed E-state index contributed by atoms with van der Waals surface area (Å²) >= 11 is 0. The molecule has 4 aromatic carbocycles. The van der Waals surface area contributed by atoms with Crippen molar-refractivity contribution in [2.45, 2.75) is 33.1 Å². The maximum atomic E-state index is 2.39. The highest BCUT2D eigenvalue weighted by Gasteiger charge is 2.19. The molecule has 0 atom stereocenters. The Balaban J connectivity index is 1.50. The molecule has 1 aliphatic rings. The number of benzene rings is 4. The Morgan fingerprint density at radius 1 is 0.517 bits per heavy atom. The van der Waals surface area contributed by atoms with E-state index in [0.717, 1.165) is 19.3 Å². The summed E-state index contributed by atoms with van der Waals surface area (Å²) in [6.07, 6.45) is 3.17. The number of hydrogen-bond donors (Lipinski definition) is 0. The molecule has 4 aromatic rings. The molecule has 0 amide bonds. The minimum atomic E-state index is 1.02. The van der Waals surface area contributed by atoms with Crippen LogP contribution in [0.15, 0.2) is 84.9 Å². The van der Waals surface area contributed by atoms with Crippen LogP contribution >= 0.6 is 0 Å². The summed E-state index contributed by atoms with van der Waals surface area (Å²) in [5.41, 5.74) is 13.7. The van der Waals surface area contributed by atoms with Crippen molar-refractivity contribution >= 4 is 0 Å². The lowest BCUT2D eigenvalue weighted by Crippen LogP contribution is -1.86. The van der Waals surface area contributed by atoms with Crippen LogP contribution in [0, 0.1) is 0 Å². The van der Waals surface area contributed by atoms with Gasteiger partial charge < -0.3 is 0 Å². The van der Waals surface area contributed by atoms with Crippen molar-refractivity contribution < 1.29 is 0 Å². The summed E-state index contributed by atoms with van der Waals surface area (Å²) in [5.74, 6) is 0. The van der Waals surface area contributed by atoms with E-state index in [1.54, 1.807) is 0 Å². The maximum Gasteiger partial charge on any atom is -0.00130 e. The van der Waals surface area contributed by atoms with E-state index >= 15 is 0 Å². The summed E-state index contributed by atoms with van der Waals surface area (Å²) in [7, 11) is 0. The van der Waals surface area contributed by atoms with E-state index in [0.29, 0.717) is 0 Å². The Morgan fingerprint density at radius 3 is 1.41 bits per heavy atom. The highest BCUT2D eigenvalue weighted by atomic mass is 14.2. The van der Waals surface area contributed by atoms with E-state index in [9.17, 15) is 0 Å².